The molecule has 0 aliphatic rings. The predicted octanol–water partition coefficient (Wildman–Crippen LogP) is 0.872. The topological polar surface area (TPSA) is 46.5 Å². The number of hydrogen-bond donors (Lipinski definition) is 1. The highest BCUT2D eigenvalue weighted by molar-refractivity contribution is 7.52. The molecule has 0 amide bonds. The largest absolute Gasteiger partial charge is 0.332 e. The third-order valence-electron chi connectivity index (χ3n) is 1.05. The van der Waals surface area contributed by atoms with Gasteiger partial charge in [0.2, 0.25) is 0 Å². The van der Waals surface area contributed by atoms with Gasteiger partial charge in [-0.05, 0) is 0 Å². The van der Waals surface area contributed by atoms with Crippen LogP contribution in [0.15, 0.2) is 0 Å². The number of rotatable bonds is 4. The lowest BCUT2D eigenvalue weighted by Crippen LogP contribution is -2.36. The first-order valence-corrected chi connectivity index (χ1v) is 5.30. The number of nitrogens with zero attached hydrogens (tertiary/aromatic N) is 1. The van der Waals surface area contributed by atoms with E-state index in [1.807, 2.05) is 21.1 Å². The van der Waals surface area contributed by atoms with E-state index in [0.29, 0.717) is 4.48 Å². The average molecular weight is 182 g/mol. The van der Waals surface area contributed by atoms with Crippen LogP contribution >= 0.6 is 7.60 Å². The second-order valence-corrected chi connectivity index (χ2v) is 5.67. The first-order chi connectivity index (χ1) is 4.77. The zero-order chi connectivity index (χ0) is 9.12. The molecule has 0 aromatic carbocycles. The summed E-state index contributed by atoms with van der Waals surface area (Å²) in [5.74, 6) is 0. The van der Waals surface area contributed by atoms with Crippen LogP contribution in [0.25, 0.3) is 0 Å². The molecule has 0 aliphatic carbocycles. The molecule has 5 heteroatoms. The smallest absolute Gasteiger partial charge is 0.324 e. The fraction of sp³-hybridized carbons (Fsp3) is 1.00. The Morgan fingerprint density at radius 1 is 1.45 bits per heavy atom. The molecule has 0 heterocycles. The maximum absolute atomic E-state index is 11.0. The van der Waals surface area contributed by atoms with E-state index in [9.17, 15) is 4.57 Å². The fourth-order valence-electron chi connectivity index (χ4n) is 0.355. The Labute approximate surface area is 67.9 Å². The van der Waals surface area contributed by atoms with Crippen LogP contribution in [0.1, 0.15) is 6.92 Å². The SMILES string of the molecule is CCP(=O)(O)OC[N+](C)(C)C. The zero-order valence-corrected chi connectivity index (χ0v) is 8.47. The third kappa shape index (κ3) is 6.51. The summed E-state index contributed by atoms with van der Waals surface area (Å²) < 4.78 is 16.3. The van der Waals surface area contributed by atoms with Crippen molar-refractivity contribution in [2.45, 2.75) is 6.92 Å². The summed E-state index contributed by atoms with van der Waals surface area (Å²) >= 11 is 0. The lowest BCUT2D eigenvalue weighted by Gasteiger charge is -2.24. The van der Waals surface area contributed by atoms with E-state index in [4.69, 9.17) is 9.42 Å². The Hall–Kier alpha value is 0.110. The fourth-order valence-corrected chi connectivity index (χ4v) is 1.06. The Morgan fingerprint density at radius 2 is 1.91 bits per heavy atom. The summed E-state index contributed by atoms with van der Waals surface area (Å²) in [4.78, 5) is 9.01. The minimum atomic E-state index is -3.29. The normalized spacial score (nSPS) is 17.9. The van der Waals surface area contributed by atoms with Gasteiger partial charge in [0.1, 0.15) is 0 Å². The van der Waals surface area contributed by atoms with Crippen LogP contribution in [0.5, 0.6) is 0 Å². The summed E-state index contributed by atoms with van der Waals surface area (Å²) in [6.45, 7) is 1.90. The van der Waals surface area contributed by atoms with Crippen molar-refractivity contribution in [1.29, 1.82) is 0 Å². The summed E-state index contributed by atoms with van der Waals surface area (Å²) in [5.41, 5.74) is 0. The van der Waals surface area contributed by atoms with Crippen molar-refractivity contribution in [3.05, 3.63) is 0 Å². The molecule has 0 fully saturated rings. The van der Waals surface area contributed by atoms with Crippen molar-refractivity contribution in [1.82, 2.24) is 0 Å². The molecule has 0 aliphatic heterocycles. The van der Waals surface area contributed by atoms with E-state index in [-0.39, 0.29) is 12.9 Å². The van der Waals surface area contributed by atoms with Crippen LogP contribution in [0.4, 0.5) is 0 Å². The lowest BCUT2D eigenvalue weighted by molar-refractivity contribution is -0.886. The van der Waals surface area contributed by atoms with Crippen molar-refractivity contribution < 1.29 is 18.5 Å². The minimum absolute atomic E-state index is 0.174. The van der Waals surface area contributed by atoms with E-state index < -0.39 is 7.60 Å². The highest BCUT2D eigenvalue weighted by Gasteiger charge is 2.19. The molecule has 1 unspecified atom stereocenters. The van der Waals surface area contributed by atoms with Gasteiger partial charge in [-0.25, -0.2) is 0 Å². The quantitative estimate of drug-likeness (QED) is 0.398. The molecule has 0 bridgehead atoms. The van der Waals surface area contributed by atoms with Gasteiger partial charge in [-0.2, -0.15) is 0 Å². The molecule has 0 saturated carbocycles. The molecule has 0 aromatic rings. The van der Waals surface area contributed by atoms with E-state index >= 15 is 0 Å². The molecular weight excluding hydrogens is 165 g/mol. The summed E-state index contributed by atoms with van der Waals surface area (Å²) in [5, 5.41) is 0. The van der Waals surface area contributed by atoms with Gasteiger partial charge in [0, 0.05) is 6.16 Å². The van der Waals surface area contributed by atoms with Gasteiger partial charge in [-0.1, -0.05) is 6.92 Å². The Bertz CT molecular complexity index is 164. The van der Waals surface area contributed by atoms with Crippen molar-refractivity contribution >= 4 is 7.60 Å². The van der Waals surface area contributed by atoms with Gasteiger partial charge in [-0.15, -0.1) is 0 Å². The second-order valence-electron chi connectivity index (χ2n) is 3.50. The van der Waals surface area contributed by atoms with Gasteiger partial charge in [0.25, 0.3) is 0 Å². The molecule has 11 heavy (non-hydrogen) atoms. The van der Waals surface area contributed by atoms with E-state index in [1.165, 1.54) is 0 Å². The van der Waals surface area contributed by atoms with Crippen LogP contribution in [-0.2, 0) is 9.09 Å². The predicted molar refractivity (Wildman–Crippen MR) is 44.4 cm³/mol. The lowest BCUT2D eigenvalue weighted by atomic mass is 10.7. The standard InChI is InChI=1S/C6H16NO3P/c1-5-11(8,9)10-6-7(2,3)4/h5-6H2,1-4H3/p+1. The molecular formula is C6H17NO3P+. The number of quaternary nitrogens is 1. The van der Waals surface area contributed by atoms with Crippen molar-refractivity contribution in [2.24, 2.45) is 0 Å². The van der Waals surface area contributed by atoms with Crippen LogP contribution in [0.3, 0.4) is 0 Å². The number of hydrogen-bond acceptors (Lipinski definition) is 2. The van der Waals surface area contributed by atoms with Gasteiger partial charge < -0.3 is 9.38 Å². The van der Waals surface area contributed by atoms with Crippen LogP contribution < -0.4 is 0 Å². The molecule has 0 radical (unpaired) electrons. The molecule has 0 spiro atoms. The first-order valence-electron chi connectivity index (χ1n) is 3.54. The summed E-state index contributed by atoms with van der Waals surface area (Å²) in [6.07, 6.45) is 0.174. The molecule has 0 saturated heterocycles. The molecule has 0 rings (SSSR count). The molecule has 0 aromatic heterocycles. The van der Waals surface area contributed by atoms with Crippen molar-refractivity contribution in [3.8, 4) is 0 Å². The van der Waals surface area contributed by atoms with Gasteiger partial charge >= 0.3 is 7.60 Å². The average Bonchev–Trinajstić information content (AvgIpc) is 1.83. The van der Waals surface area contributed by atoms with Gasteiger partial charge in [0.05, 0.1) is 21.1 Å². The van der Waals surface area contributed by atoms with Gasteiger partial charge in [0.15, 0.2) is 6.73 Å². The third-order valence-corrected chi connectivity index (χ3v) is 2.36. The first kappa shape index (κ1) is 11.1. The van der Waals surface area contributed by atoms with Crippen molar-refractivity contribution in [3.63, 3.8) is 0 Å². The van der Waals surface area contributed by atoms with E-state index in [2.05, 4.69) is 0 Å². The van der Waals surface area contributed by atoms with Crippen LogP contribution in [0.2, 0.25) is 0 Å². The monoisotopic (exact) mass is 182 g/mol. The van der Waals surface area contributed by atoms with Crippen molar-refractivity contribution in [2.75, 3.05) is 34.0 Å². The zero-order valence-electron chi connectivity index (χ0n) is 7.57. The Balaban J connectivity index is 3.80. The maximum Gasteiger partial charge on any atom is 0.332 e. The maximum atomic E-state index is 11.0. The molecule has 1 N–H and O–H groups in total. The summed E-state index contributed by atoms with van der Waals surface area (Å²) in [7, 11) is 2.41. The molecule has 4 nitrogen and oxygen atoms in total. The summed E-state index contributed by atoms with van der Waals surface area (Å²) in [6, 6.07) is 0. The van der Waals surface area contributed by atoms with E-state index in [1.54, 1.807) is 6.92 Å². The molecule has 68 valence electrons. The Morgan fingerprint density at radius 3 is 2.18 bits per heavy atom. The van der Waals surface area contributed by atoms with Crippen LogP contribution in [-0.4, -0.2) is 43.4 Å². The second kappa shape index (κ2) is 3.68. The van der Waals surface area contributed by atoms with Crippen LogP contribution in [0, 0.1) is 0 Å². The highest BCUT2D eigenvalue weighted by Crippen LogP contribution is 2.41. The Kier molecular flexibility index (Phi) is 3.71. The highest BCUT2D eigenvalue weighted by atomic mass is 31.2. The van der Waals surface area contributed by atoms with Gasteiger partial charge in [-0.3, -0.25) is 9.09 Å². The molecule has 1 atom stereocenters. The minimum Gasteiger partial charge on any atom is -0.324 e. The van der Waals surface area contributed by atoms with E-state index in [0.717, 1.165) is 0 Å².